The molecule has 4 aromatic rings. The molecule has 0 amide bonds. The van der Waals surface area contributed by atoms with Crippen LogP contribution in [0.2, 0.25) is 0 Å². The molecule has 0 saturated heterocycles. The van der Waals surface area contributed by atoms with Crippen LogP contribution in [0.5, 0.6) is 0 Å². The topological polar surface area (TPSA) is 94.7 Å². The lowest BCUT2D eigenvalue weighted by molar-refractivity contribution is -0.124. The number of aromatic nitrogens is 4. The first-order valence-electron chi connectivity index (χ1n) is 10.9. The van der Waals surface area contributed by atoms with Crippen molar-refractivity contribution in [2.24, 2.45) is 0 Å². The summed E-state index contributed by atoms with van der Waals surface area (Å²) >= 11 is 0. The molecule has 3 heterocycles. The summed E-state index contributed by atoms with van der Waals surface area (Å²) in [5.41, 5.74) is 4.44. The van der Waals surface area contributed by atoms with Crippen molar-refractivity contribution in [3.8, 4) is 0 Å². The monoisotopic (exact) mass is 427 g/mol. The highest BCUT2D eigenvalue weighted by Gasteiger charge is 2.30. The van der Waals surface area contributed by atoms with Gasteiger partial charge < -0.3 is 9.97 Å². The largest absolute Gasteiger partial charge is 0.348 e. The van der Waals surface area contributed by atoms with Crippen LogP contribution < -0.4 is 0 Å². The number of fused-ring (bicyclic) bond motifs is 2. The molecule has 5 rings (SSSR count). The third-order valence-electron chi connectivity index (χ3n) is 6.21. The van der Waals surface area contributed by atoms with E-state index >= 15 is 0 Å². The molecule has 7 heteroatoms. The fraction of sp³-hybridized carbons (Fsp3) is 0.280. The van der Waals surface area contributed by atoms with E-state index in [9.17, 15) is 9.59 Å². The van der Waals surface area contributed by atoms with Gasteiger partial charge in [-0.1, -0.05) is 37.3 Å². The number of hydrogen-bond donors (Lipinski definition) is 2. The van der Waals surface area contributed by atoms with Crippen molar-refractivity contribution < 1.29 is 9.59 Å². The van der Waals surface area contributed by atoms with Crippen LogP contribution in [0.4, 0.5) is 0 Å². The molecule has 2 N–H and O–H groups in total. The van der Waals surface area contributed by atoms with Gasteiger partial charge in [-0.15, -0.1) is 0 Å². The summed E-state index contributed by atoms with van der Waals surface area (Å²) in [6.07, 6.45) is 4.44. The number of benzene rings is 2. The van der Waals surface area contributed by atoms with Crippen molar-refractivity contribution in [1.29, 1.82) is 0 Å². The second-order valence-electron chi connectivity index (χ2n) is 8.22. The summed E-state index contributed by atoms with van der Waals surface area (Å²) < 4.78 is 0. The number of carbonyl (C=O) groups excluding carboxylic acids is 2. The fourth-order valence-electron chi connectivity index (χ4n) is 4.54. The maximum Gasteiger partial charge on any atom is 0.172 e. The molecule has 0 spiro atoms. The van der Waals surface area contributed by atoms with Crippen molar-refractivity contribution in [3.05, 3.63) is 83.2 Å². The molecule has 0 bridgehead atoms. The number of imidazole rings is 2. The van der Waals surface area contributed by atoms with Gasteiger partial charge in [0.1, 0.15) is 11.6 Å². The average Bonchev–Trinajstić information content (AvgIpc) is 3.47. The summed E-state index contributed by atoms with van der Waals surface area (Å²) in [5.74, 6) is 1.30. The van der Waals surface area contributed by atoms with Gasteiger partial charge in [0.15, 0.2) is 11.6 Å². The van der Waals surface area contributed by atoms with Gasteiger partial charge in [-0.3, -0.25) is 14.5 Å². The zero-order chi connectivity index (χ0) is 22.1. The standard InChI is InChI=1S/C25H25N5O2/c1-2-30-15-17-7-4-3-6-16(17)12-20(30)22(32)14-24-28-19-9-5-8-18(25(19)29-24)21(31)13-23-26-10-11-27-23/h3-11,20H,2,12-15H2,1H3,(H,26,27)(H,28,29)/t20-/m0/s1. The lowest BCUT2D eigenvalue weighted by Gasteiger charge is -2.35. The number of carbonyl (C=O) groups is 2. The molecule has 162 valence electrons. The quantitative estimate of drug-likeness (QED) is 0.442. The zero-order valence-electron chi connectivity index (χ0n) is 18.0. The van der Waals surface area contributed by atoms with Gasteiger partial charge in [-0.2, -0.15) is 0 Å². The van der Waals surface area contributed by atoms with Gasteiger partial charge in [0, 0.05) is 24.5 Å². The highest BCUT2D eigenvalue weighted by atomic mass is 16.1. The Bertz CT molecular complexity index is 1270. The van der Waals surface area contributed by atoms with Crippen LogP contribution in [0.1, 0.15) is 40.1 Å². The summed E-state index contributed by atoms with van der Waals surface area (Å²) in [7, 11) is 0. The summed E-state index contributed by atoms with van der Waals surface area (Å²) in [6, 6.07) is 13.7. The molecule has 1 aliphatic heterocycles. The number of ketones is 2. The van der Waals surface area contributed by atoms with E-state index in [1.807, 2.05) is 24.3 Å². The van der Waals surface area contributed by atoms with E-state index < -0.39 is 0 Å². The van der Waals surface area contributed by atoms with Crippen molar-refractivity contribution >= 4 is 22.6 Å². The van der Waals surface area contributed by atoms with Crippen LogP contribution in [0.3, 0.4) is 0 Å². The van der Waals surface area contributed by atoms with E-state index in [0.29, 0.717) is 22.7 Å². The van der Waals surface area contributed by atoms with Gasteiger partial charge in [0.2, 0.25) is 0 Å². The van der Waals surface area contributed by atoms with Gasteiger partial charge in [-0.05, 0) is 36.2 Å². The first kappa shape index (κ1) is 20.3. The van der Waals surface area contributed by atoms with Gasteiger partial charge in [0.25, 0.3) is 0 Å². The van der Waals surface area contributed by atoms with E-state index in [0.717, 1.165) is 25.0 Å². The number of aromatic amines is 2. The molecular formula is C25H25N5O2. The summed E-state index contributed by atoms with van der Waals surface area (Å²) in [6.45, 7) is 3.69. The van der Waals surface area contributed by atoms with Crippen LogP contribution in [0.15, 0.2) is 54.9 Å². The molecule has 2 aromatic carbocycles. The molecule has 2 aromatic heterocycles. The molecule has 7 nitrogen and oxygen atoms in total. The smallest absolute Gasteiger partial charge is 0.172 e. The molecule has 1 atom stereocenters. The number of nitrogens with zero attached hydrogens (tertiary/aromatic N) is 3. The fourth-order valence-corrected chi connectivity index (χ4v) is 4.54. The second-order valence-corrected chi connectivity index (χ2v) is 8.22. The maximum absolute atomic E-state index is 13.3. The van der Waals surface area contributed by atoms with Crippen molar-refractivity contribution in [1.82, 2.24) is 24.8 Å². The predicted molar refractivity (Wildman–Crippen MR) is 121 cm³/mol. The first-order chi connectivity index (χ1) is 15.6. The Morgan fingerprint density at radius 1 is 1.06 bits per heavy atom. The van der Waals surface area contributed by atoms with E-state index in [-0.39, 0.29) is 30.4 Å². The molecule has 0 radical (unpaired) electrons. The average molecular weight is 428 g/mol. The lowest BCUT2D eigenvalue weighted by Crippen LogP contribution is -2.46. The third kappa shape index (κ3) is 3.87. The highest BCUT2D eigenvalue weighted by Crippen LogP contribution is 2.25. The van der Waals surface area contributed by atoms with Crippen LogP contribution in [-0.2, 0) is 30.6 Å². The molecular weight excluding hydrogens is 402 g/mol. The van der Waals surface area contributed by atoms with Crippen molar-refractivity contribution in [3.63, 3.8) is 0 Å². The van der Waals surface area contributed by atoms with Crippen LogP contribution in [0, 0.1) is 0 Å². The van der Waals surface area contributed by atoms with Gasteiger partial charge >= 0.3 is 0 Å². The first-order valence-corrected chi connectivity index (χ1v) is 10.9. The molecule has 0 aliphatic carbocycles. The Labute approximate surface area is 185 Å². The molecule has 0 saturated carbocycles. The number of Topliss-reactive ketones (excluding diaryl/α,β-unsaturated/α-hetero) is 2. The van der Waals surface area contributed by atoms with Gasteiger partial charge in [-0.25, -0.2) is 9.97 Å². The Morgan fingerprint density at radius 2 is 1.91 bits per heavy atom. The van der Waals surface area contributed by atoms with Crippen molar-refractivity contribution in [2.75, 3.05) is 6.54 Å². The SMILES string of the molecule is CCN1Cc2ccccc2C[C@H]1C(=O)Cc1nc2c(C(=O)Cc3ncc[nH]3)cccc2[nH]1. The maximum atomic E-state index is 13.3. The minimum atomic E-state index is -0.164. The summed E-state index contributed by atoms with van der Waals surface area (Å²) in [4.78, 5) is 43.3. The number of likely N-dealkylation sites (N-methyl/N-ethyl adjacent to an activating group) is 1. The lowest BCUT2D eigenvalue weighted by atomic mass is 9.91. The Morgan fingerprint density at radius 3 is 2.69 bits per heavy atom. The Hall–Kier alpha value is -3.58. The third-order valence-corrected chi connectivity index (χ3v) is 6.21. The summed E-state index contributed by atoms with van der Waals surface area (Å²) in [5, 5.41) is 0. The number of nitrogens with one attached hydrogen (secondary N) is 2. The van der Waals surface area contributed by atoms with E-state index in [1.165, 1.54) is 11.1 Å². The number of para-hydroxylation sites is 1. The Balaban J connectivity index is 1.37. The van der Waals surface area contributed by atoms with Crippen molar-refractivity contribution in [2.45, 2.75) is 38.8 Å². The number of hydrogen-bond acceptors (Lipinski definition) is 5. The van der Waals surface area contributed by atoms with Gasteiger partial charge in [0.05, 0.1) is 29.9 Å². The van der Waals surface area contributed by atoms with E-state index in [2.05, 4.69) is 43.9 Å². The predicted octanol–water partition coefficient (Wildman–Crippen LogP) is 3.27. The van der Waals surface area contributed by atoms with E-state index in [4.69, 9.17) is 0 Å². The molecule has 0 unspecified atom stereocenters. The van der Waals surface area contributed by atoms with Crippen LogP contribution >= 0.6 is 0 Å². The Kier molecular flexibility index (Phi) is 5.41. The normalized spacial score (nSPS) is 16.2. The molecule has 1 aliphatic rings. The molecule has 0 fully saturated rings. The van der Waals surface area contributed by atoms with Crippen LogP contribution in [0.25, 0.3) is 11.0 Å². The zero-order valence-corrected chi connectivity index (χ0v) is 18.0. The number of H-pyrrole nitrogens is 2. The van der Waals surface area contributed by atoms with Crippen LogP contribution in [-0.4, -0.2) is 49.0 Å². The minimum Gasteiger partial charge on any atom is -0.348 e. The minimum absolute atomic E-state index is 0.0593. The number of rotatable bonds is 7. The molecule has 32 heavy (non-hydrogen) atoms. The highest BCUT2D eigenvalue weighted by molar-refractivity contribution is 6.06. The van der Waals surface area contributed by atoms with E-state index in [1.54, 1.807) is 18.5 Å². The second kappa shape index (κ2) is 8.51.